The predicted molar refractivity (Wildman–Crippen MR) is 197 cm³/mol. The Bertz CT molecular complexity index is 1760. The van der Waals surface area contributed by atoms with Crippen LogP contribution >= 0.6 is 0 Å². The van der Waals surface area contributed by atoms with Crippen LogP contribution in [0.1, 0.15) is 118 Å². The smallest absolute Gasteiger partial charge is 0.334 e. The number of carbonyl (C=O) groups excluding carboxylic acids is 5. The van der Waals surface area contributed by atoms with Gasteiger partial charge in [-0.3, -0.25) is 19.2 Å². The highest BCUT2D eigenvalue weighted by atomic mass is 16.7. The Morgan fingerprint density at radius 2 is 1.75 bits per heavy atom. The molecule has 3 amide bonds. The number of nitrogens with one attached hydrogen (secondary N) is 3. The van der Waals surface area contributed by atoms with Crippen molar-refractivity contribution in [1.29, 1.82) is 0 Å². The minimum atomic E-state index is -0.722. The second-order valence-corrected chi connectivity index (χ2v) is 20.1. The van der Waals surface area contributed by atoms with E-state index in [1.807, 2.05) is 0 Å². The lowest BCUT2D eigenvalue weighted by atomic mass is 9.46. The second kappa shape index (κ2) is 12.3. The van der Waals surface area contributed by atoms with Gasteiger partial charge < -0.3 is 34.9 Å². The fraction of sp³-hybridized carbons (Fsp3) is 0.837. The van der Waals surface area contributed by atoms with Gasteiger partial charge >= 0.3 is 11.9 Å². The quantitative estimate of drug-likeness (QED) is 0.143. The molecule has 3 heterocycles. The molecule has 7 unspecified atom stereocenters. The third kappa shape index (κ3) is 4.85. The van der Waals surface area contributed by atoms with E-state index >= 15 is 0 Å². The van der Waals surface area contributed by atoms with Crippen molar-refractivity contribution in [3.05, 3.63) is 11.1 Å². The van der Waals surface area contributed by atoms with Gasteiger partial charge in [0.2, 0.25) is 17.7 Å². The van der Waals surface area contributed by atoms with Crippen LogP contribution in [-0.4, -0.2) is 84.9 Å². The third-order valence-electron chi connectivity index (χ3n) is 17.4. The van der Waals surface area contributed by atoms with Crippen LogP contribution < -0.4 is 16.0 Å². The van der Waals surface area contributed by atoms with Crippen molar-refractivity contribution in [2.45, 2.75) is 153 Å². The fourth-order valence-electron chi connectivity index (χ4n) is 15.1. The zero-order chi connectivity index (χ0) is 38.3. The molecule has 10 aliphatic rings. The molecule has 0 radical (unpaired) electrons. The highest BCUT2D eigenvalue weighted by Crippen LogP contribution is 2.82. The van der Waals surface area contributed by atoms with Crippen molar-refractivity contribution >= 4 is 29.7 Å². The minimum Gasteiger partial charge on any atom is -0.459 e. The molecule has 6 saturated carbocycles. The molecule has 300 valence electrons. The van der Waals surface area contributed by atoms with Crippen LogP contribution in [0.5, 0.6) is 0 Å². The van der Waals surface area contributed by atoms with E-state index in [1.54, 1.807) is 0 Å². The number of amides is 3. The maximum Gasteiger partial charge on any atom is 0.334 e. The van der Waals surface area contributed by atoms with Crippen molar-refractivity contribution in [3.8, 4) is 0 Å². The summed E-state index contributed by atoms with van der Waals surface area (Å²) in [5, 5.41) is 9.03. The highest BCUT2D eigenvalue weighted by molar-refractivity contribution is 5.93. The SMILES string of the molecule is CC(=O)NCCCC[C@@H](NC(=O)C12CC3CC4CC(C1)C2(C4)C3)C(=O)NCCC(=O)O[C@@H]1C(C(C)C)C[C@@H]2O[C@]23[C@]12O[C@H]2CC1C2=C(CC[C@@]13C)C(=O)OC2. The average Bonchev–Trinajstić information content (AvgIpc) is 3.98. The molecule has 3 N–H and O–H groups in total. The molecular weight excluding hydrogens is 702 g/mol. The molecule has 14 atom stereocenters. The summed E-state index contributed by atoms with van der Waals surface area (Å²) in [7, 11) is 0. The summed E-state index contributed by atoms with van der Waals surface area (Å²) >= 11 is 0. The van der Waals surface area contributed by atoms with Crippen LogP contribution in [0.15, 0.2) is 11.1 Å². The molecule has 3 aliphatic heterocycles. The Labute approximate surface area is 323 Å². The van der Waals surface area contributed by atoms with Crippen LogP contribution in [0.2, 0.25) is 0 Å². The van der Waals surface area contributed by atoms with E-state index in [4.69, 9.17) is 18.9 Å². The molecule has 3 spiro atoms. The number of esters is 2. The van der Waals surface area contributed by atoms with Gasteiger partial charge in [0, 0.05) is 36.9 Å². The van der Waals surface area contributed by atoms with Gasteiger partial charge in [0.25, 0.3) is 0 Å². The zero-order valence-electron chi connectivity index (χ0n) is 33.0. The Morgan fingerprint density at radius 3 is 2.55 bits per heavy atom. The van der Waals surface area contributed by atoms with Crippen molar-refractivity contribution < 1.29 is 42.9 Å². The first-order valence-electron chi connectivity index (χ1n) is 21.6. The number of unbranched alkanes of at least 4 members (excludes halogenated alkanes) is 1. The third-order valence-corrected chi connectivity index (χ3v) is 17.4. The summed E-state index contributed by atoms with van der Waals surface area (Å²) in [4.78, 5) is 65.7. The summed E-state index contributed by atoms with van der Waals surface area (Å²) in [6.45, 7) is 9.07. The predicted octanol–water partition coefficient (Wildman–Crippen LogP) is 4.04. The fourth-order valence-corrected chi connectivity index (χ4v) is 15.1. The Balaban J connectivity index is 0.804. The van der Waals surface area contributed by atoms with Crippen molar-refractivity contribution in [2.75, 3.05) is 19.7 Å². The monoisotopic (exact) mass is 761 g/mol. The van der Waals surface area contributed by atoms with Gasteiger partial charge in [-0.1, -0.05) is 20.8 Å². The van der Waals surface area contributed by atoms with E-state index in [2.05, 4.69) is 36.7 Å². The molecular formula is C43H59N3O9. The van der Waals surface area contributed by atoms with E-state index in [1.165, 1.54) is 19.8 Å². The van der Waals surface area contributed by atoms with E-state index in [0.29, 0.717) is 50.7 Å². The number of hydrogen-bond acceptors (Lipinski definition) is 9. The lowest BCUT2D eigenvalue weighted by molar-refractivity contribution is -0.169. The first kappa shape index (κ1) is 36.4. The molecule has 10 rings (SSSR count). The second-order valence-electron chi connectivity index (χ2n) is 20.1. The van der Waals surface area contributed by atoms with Crippen molar-refractivity contribution in [3.63, 3.8) is 0 Å². The van der Waals surface area contributed by atoms with Crippen molar-refractivity contribution in [2.24, 2.45) is 51.8 Å². The van der Waals surface area contributed by atoms with Gasteiger partial charge in [-0.05, 0) is 124 Å². The van der Waals surface area contributed by atoms with Crippen LogP contribution in [0.4, 0.5) is 0 Å². The summed E-state index contributed by atoms with van der Waals surface area (Å²) in [5.74, 6) is 1.55. The van der Waals surface area contributed by atoms with Gasteiger partial charge in [0.15, 0.2) is 5.60 Å². The molecule has 12 nitrogen and oxygen atoms in total. The molecule has 0 aromatic heterocycles. The number of rotatable bonds is 13. The molecule has 0 aromatic carbocycles. The normalized spacial score (nSPS) is 46.2. The van der Waals surface area contributed by atoms with Crippen LogP contribution in [0.3, 0.4) is 0 Å². The number of carbonyl (C=O) groups is 5. The molecule has 55 heavy (non-hydrogen) atoms. The van der Waals surface area contributed by atoms with Gasteiger partial charge in [-0.25, -0.2) is 4.79 Å². The lowest BCUT2D eigenvalue weighted by Crippen LogP contribution is -2.67. The lowest BCUT2D eigenvalue weighted by Gasteiger charge is -2.57. The standard InChI is InChI=1S/C43H59N3O9/c1-22(2)28-15-33-43(55-33)39(4)10-8-27-29(21-52-37(27)50)30(39)16-32-42(43,54-32)35(28)53-34(48)9-12-45-36(49)31(7-5-6-11-44-23(3)47)46-38(51)41-19-25-13-24-14-26(20-41)40(41,17-24)18-25/h22,24-26,28,30-33,35H,5-21H2,1-4H3,(H,44,47)(H,45,49)(H,46,51)/t24?,25?,26?,28?,30?,31-,32+,33+,35-,39+,40?,41?,42-,43-/m1/s1. The van der Waals surface area contributed by atoms with Crippen LogP contribution in [-0.2, 0) is 42.9 Å². The largest absolute Gasteiger partial charge is 0.459 e. The maximum absolute atomic E-state index is 14.2. The van der Waals surface area contributed by atoms with Crippen LogP contribution in [0, 0.1) is 51.8 Å². The maximum atomic E-state index is 14.2. The summed E-state index contributed by atoms with van der Waals surface area (Å²) in [6, 6.07) is -0.710. The van der Waals surface area contributed by atoms with E-state index in [-0.39, 0.29) is 88.8 Å². The Kier molecular flexibility index (Phi) is 8.10. The Hall–Kier alpha value is -2.99. The topological polar surface area (TPSA) is 165 Å². The number of ether oxygens (including phenoxy) is 4. The first-order valence-corrected chi connectivity index (χ1v) is 21.6. The summed E-state index contributed by atoms with van der Waals surface area (Å²) in [6.07, 6.45) is 10.9. The molecule has 3 bridgehead atoms. The molecule has 0 aromatic rings. The first-order chi connectivity index (χ1) is 26.3. The summed E-state index contributed by atoms with van der Waals surface area (Å²) in [5.41, 5.74) is 0.151. The van der Waals surface area contributed by atoms with Gasteiger partial charge in [0.1, 0.15) is 24.4 Å². The Morgan fingerprint density at radius 1 is 0.927 bits per heavy atom. The van der Waals surface area contributed by atoms with Crippen molar-refractivity contribution in [1.82, 2.24) is 16.0 Å². The van der Waals surface area contributed by atoms with Crippen LogP contribution in [0.25, 0.3) is 0 Å². The molecule has 12 heteroatoms. The van der Waals surface area contributed by atoms with E-state index in [9.17, 15) is 24.0 Å². The van der Waals surface area contributed by atoms with E-state index in [0.717, 1.165) is 62.0 Å². The highest BCUT2D eigenvalue weighted by Gasteiger charge is 2.93. The van der Waals surface area contributed by atoms with Gasteiger partial charge in [-0.2, -0.15) is 0 Å². The van der Waals surface area contributed by atoms with Gasteiger partial charge in [-0.15, -0.1) is 0 Å². The molecule has 8 fully saturated rings. The van der Waals surface area contributed by atoms with Gasteiger partial charge in [0.05, 0.1) is 24.0 Å². The average molecular weight is 762 g/mol. The number of epoxide rings is 2. The summed E-state index contributed by atoms with van der Waals surface area (Å²) < 4.78 is 25.5. The zero-order valence-corrected chi connectivity index (χ0v) is 33.0. The number of hydrogen-bond donors (Lipinski definition) is 3. The number of fused-ring (bicyclic) bond motifs is 4. The minimum absolute atomic E-state index is 0.00166. The number of cyclic esters (lactones) is 1. The molecule has 7 aliphatic carbocycles. The molecule has 2 saturated heterocycles. The van der Waals surface area contributed by atoms with E-state index < -0.39 is 23.3 Å².